The van der Waals surface area contributed by atoms with Gasteiger partial charge in [0.05, 0.1) is 0 Å². The zero-order chi connectivity index (χ0) is 13.2. The van der Waals surface area contributed by atoms with Gasteiger partial charge in [-0.2, -0.15) is 0 Å². The highest BCUT2D eigenvalue weighted by molar-refractivity contribution is 5.82. The maximum absolute atomic E-state index is 4.41. The van der Waals surface area contributed by atoms with Crippen LogP contribution in [0.15, 0.2) is 6.33 Å². The molecule has 3 heterocycles. The lowest BCUT2D eigenvalue weighted by atomic mass is 10.3. The molecule has 0 radical (unpaired) electrons. The number of fused-ring (bicyclic) bond motifs is 1. The van der Waals surface area contributed by atoms with Crippen LogP contribution >= 0.6 is 0 Å². The highest BCUT2D eigenvalue weighted by Crippen LogP contribution is 2.21. The summed E-state index contributed by atoms with van der Waals surface area (Å²) >= 11 is 0. The Balaban J connectivity index is 1.91. The van der Waals surface area contributed by atoms with Gasteiger partial charge < -0.3 is 9.80 Å². The molecule has 0 aliphatic carbocycles. The number of hydrogen-bond acceptors (Lipinski definition) is 6. The van der Waals surface area contributed by atoms with Crippen LogP contribution in [0.4, 0.5) is 5.82 Å². The molecule has 0 unspecified atom stereocenters. The number of aromatic nitrogens is 5. The van der Waals surface area contributed by atoms with Crippen LogP contribution in [0.25, 0.3) is 11.2 Å². The van der Waals surface area contributed by atoms with Gasteiger partial charge in [0, 0.05) is 32.7 Å². The number of nitrogens with zero attached hydrogens (tertiary/aromatic N) is 7. The number of piperazine rings is 1. The molecule has 1 fully saturated rings. The highest BCUT2D eigenvalue weighted by atomic mass is 15.4. The molecule has 2 aromatic rings. The summed E-state index contributed by atoms with van der Waals surface area (Å²) in [5.41, 5.74) is 1.64. The Bertz CT molecular complexity index is 556. The van der Waals surface area contributed by atoms with E-state index in [4.69, 9.17) is 0 Å². The lowest BCUT2D eigenvalue weighted by molar-refractivity contribution is 0.270. The maximum Gasteiger partial charge on any atom is 0.183 e. The minimum absolute atomic E-state index is 0.774. The maximum atomic E-state index is 4.41. The van der Waals surface area contributed by atoms with Gasteiger partial charge in [-0.05, 0) is 13.5 Å². The van der Waals surface area contributed by atoms with Crippen molar-refractivity contribution in [1.82, 2.24) is 29.9 Å². The molecule has 3 rings (SSSR count). The third-order valence-corrected chi connectivity index (χ3v) is 3.70. The van der Waals surface area contributed by atoms with Gasteiger partial charge in [-0.15, -0.1) is 5.10 Å². The minimum Gasteiger partial charge on any atom is -0.352 e. The Morgan fingerprint density at radius 3 is 2.53 bits per heavy atom. The fourth-order valence-electron chi connectivity index (χ4n) is 2.50. The molecular weight excluding hydrogens is 242 g/mol. The summed E-state index contributed by atoms with van der Waals surface area (Å²) in [6.07, 6.45) is 1.61. The molecule has 0 N–H and O–H groups in total. The van der Waals surface area contributed by atoms with Crippen molar-refractivity contribution in [3.8, 4) is 0 Å². The van der Waals surface area contributed by atoms with Gasteiger partial charge in [0.1, 0.15) is 6.33 Å². The number of aryl methyl sites for hydroxylation is 1. The van der Waals surface area contributed by atoms with Gasteiger partial charge in [-0.1, -0.05) is 12.1 Å². The van der Waals surface area contributed by atoms with Crippen molar-refractivity contribution < 1.29 is 0 Å². The van der Waals surface area contributed by atoms with Crippen LogP contribution in [0, 0.1) is 0 Å². The second-order valence-electron chi connectivity index (χ2n) is 4.70. The van der Waals surface area contributed by atoms with Crippen molar-refractivity contribution in [3.63, 3.8) is 0 Å². The molecule has 7 heteroatoms. The first kappa shape index (κ1) is 12.3. The molecule has 19 heavy (non-hydrogen) atoms. The van der Waals surface area contributed by atoms with Gasteiger partial charge in [-0.3, -0.25) is 0 Å². The average Bonchev–Trinajstić information content (AvgIpc) is 2.90. The quantitative estimate of drug-likeness (QED) is 0.796. The third-order valence-electron chi connectivity index (χ3n) is 3.70. The SMILES string of the molecule is CCN1CCN(c2ncnc3c2nnn3CC)CC1. The zero-order valence-electron chi connectivity index (χ0n) is 11.5. The lowest BCUT2D eigenvalue weighted by Gasteiger charge is -2.34. The Morgan fingerprint density at radius 1 is 1.05 bits per heavy atom. The van der Waals surface area contributed by atoms with Gasteiger partial charge in [0.25, 0.3) is 0 Å². The molecular formula is C12H19N7. The van der Waals surface area contributed by atoms with Gasteiger partial charge in [0.15, 0.2) is 17.0 Å². The van der Waals surface area contributed by atoms with Gasteiger partial charge in [-0.25, -0.2) is 14.6 Å². The van der Waals surface area contributed by atoms with E-state index in [1.165, 1.54) is 0 Å². The van der Waals surface area contributed by atoms with E-state index >= 15 is 0 Å². The molecule has 102 valence electrons. The topological polar surface area (TPSA) is 63.0 Å². The van der Waals surface area contributed by atoms with E-state index in [-0.39, 0.29) is 0 Å². The molecule has 0 spiro atoms. The fourth-order valence-corrected chi connectivity index (χ4v) is 2.50. The molecule has 1 saturated heterocycles. The molecule has 0 aromatic carbocycles. The van der Waals surface area contributed by atoms with Crippen LogP contribution in [0.3, 0.4) is 0 Å². The van der Waals surface area contributed by atoms with E-state index in [1.807, 2.05) is 11.6 Å². The van der Waals surface area contributed by atoms with Gasteiger partial charge >= 0.3 is 0 Å². The first-order valence-corrected chi connectivity index (χ1v) is 6.85. The van der Waals surface area contributed by atoms with Crippen molar-refractivity contribution in [3.05, 3.63) is 6.33 Å². The molecule has 1 aliphatic rings. The summed E-state index contributed by atoms with van der Waals surface area (Å²) in [4.78, 5) is 13.4. The smallest absolute Gasteiger partial charge is 0.183 e. The number of likely N-dealkylation sites (N-methyl/N-ethyl adjacent to an activating group) is 1. The van der Waals surface area contributed by atoms with Crippen molar-refractivity contribution in [1.29, 1.82) is 0 Å². The summed E-state index contributed by atoms with van der Waals surface area (Å²) < 4.78 is 1.81. The second-order valence-corrected chi connectivity index (χ2v) is 4.70. The molecule has 7 nitrogen and oxygen atoms in total. The van der Waals surface area contributed by atoms with E-state index in [9.17, 15) is 0 Å². The molecule has 0 amide bonds. The van der Waals surface area contributed by atoms with Crippen molar-refractivity contribution in [2.75, 3.05) is 37.6 Å². The van der Waals surface area contributed by atoms with Crippen molar-refractivity contribution in [2.24, 2.45) is 0 Å². The molecule has 0 atom stereocenters. The standard InChI is InChI=1S/C12H19N7/c1-3-17-5-7-18(8-6-17)11-10-12(14-9-13-11)19(4-2)16-15-10/h9H,3-8H2,1-2H3. The normalized spacial score (nSPS) is 17.3. The first-order valence-electron chi connectivity index (χ1n) is 6.85. The summed E-state index contributed by atoms with van der Waals surface area (Å²) in [6, 6.07) is 0. The number of rotatable bonds is 3. The Kier molecular flexibility index (Phi) is 3.29. The van der Waals surface area contributed by atoms with E-state index in [0.29, 0.717) is 0 Å². The van der Waals surface area contributed by atoms with Crippen molar-refractivity contribution >= 4 is 17.0 Å². The number of anilines is 1. The Labute approximate surface area is 112 Å². The first-order chi connectivity index (χ1) is 9.33. The second kappa shape index (κ2) is 5.08. The highest BCUT2D eigenvalue weighted by Gasteiger charge is 2.21. The Hall–Kier alpha value is -1.76. The monoisotopic (exact) mass is 261 g/mol. The minimum atomic E-state index is 0.774. The van der Waals surface area contributed by atoms with E-state index in [2.05, 4.69) is 37.0 Å². The van der Waals surface area contributed by atoms with Crippen LogP contribution in [0.1, 0.15) is 13.8 Å². The molecule has 0 saturated carbocycles. The third kappa shape index (κ3) is 2.14. The van der Waals surface area contributed by atoms with Crippen molar-refractivity contribution in [2.45, 2.75) is 20.4 Å². The van der Waals surface area contributed by atoms with Crippen LogP contribution in [-0.2, 0) is 6.54 Å². The van der Waals surface area contributed by atoms with Crippen LogP contribution < -0.4 is 4.90 Å². The predicted octanol–water partition coefficient (Wildman–Crippen LogP) is 0.383. The number of hydrogen-bond donors (Lipinski definition) is 0. The van der Waals surface area contributed by atoms with Crippen LogP contribution in [-0.4, -0.2) is 62.6 Å². The van der Waals surface area contributed by atoms with E-state index in [1.54, 1.807) is 6.33 Å². The summed E-state index contributed by atoms with van der Waals surface area (Å²) in [5.74, 6) is 0.917. The Morgan fingerprint density at radius 2 is 1.84 bits per heavy atom. The molecule has 1 aliphatic heterocycles. The van der Waals surface area contributed by atoms with Gasteiger partial charge in [0.2, 0.25) is 0 Å². The van der Waals surface area contributed by atoms with Crippen LogP contribution in [0.2, 0.25) is 0 Å². The molecule has 2 aromatic heterocycles. The molecule has 0 bridgehead atoms. The largest absolute Gasteiger partial charge is 0.352 e. The summed E-state index contributed by atoms with van der Waals surface area (Å²) in [5, 5.41) is 8.36. The zero-order valence-corrected chi connectivity index (χ0v) is 11.5. The lowest BCUT2D eigenvalue weighted by Crippen LogP contribution is -2.46. The summed E-state index contributed by atoms with van der Waals surface area (Å²) in [6.45, 7) is 10.2. The van der Waals surface area contributed by atoms with E-state index < -0.39 is 0 Å². The summed E-state index contributed by atoms with van der Waals surface area (Å²) in [7, 11) is 0. The van der Waals surface area contributed by atoms with E-state index in [0.717, 1.165) is 56.3 Å². The average molecular weight is 261 g/mol. The van der Waals surface area contributed by atoms with Crippen LogP contribution in [0.5, 0.6) is 0 Å². The predicted molar refractivity (Wildman–Crippen MR) is 73.1 cm³/mol. The fraction of sp³-hybridized carbons (Fsp3) is 0.667.